The summed E-state index contributed by atoms with van der Waals surface area (Å²) in [4.78, 5) is 24.2. The zero-order chi connectivity index (χ0) is 12.6. The molecule has 0 aliphatic heterocycles. The average Bonchev–Trinajstić information content (AvgIpc) is 2.61. The molecule has 0 aliphatic rings. The minimum Gasteiger partial charge on any atom is -0.475 e. The van der Waals surface area contributed by atoms with Crippen LogP contribution in [-0.2, 0) is 0 Å². The van der Waals surface area contributed by atoms with E-state index < -0.39 is 17.5 Å². The van der Waals surface area contributed by atoms with Crippen molar-refractivity contribution in [2.75, 3.05) is 0 Å². The van der Waals surface area contributed by atoms with Gasteiger partial charge in [-0.1, -0.05) is 23.2 Å². The topological polar surface area (TPSA) is 88.0 Å². The van der Waals surface area contributed by atoms with E-state index in [9.17, 15) is 9.59 Å². The summed E-state index contributed by atoms with van der Waals surface area (Å²) in [5, 5.41) is 12.9. The number of halogens is 2. The molecule has 0 saturated carbocycles. The molecule has 1 aromatic heterocycles. The number of aromatic amines is 1. The number of benzene rings is 1. The second-order valence-corrected chi connectivity index (χ2v) is 3.94. The Bertz CT molecular complexity index is 647. The minimum absolute atomic E-state index is 0.197. The Balaban J connectivity index is 2.60. The summed E-state index contributed by atoms with van der Waals surface area (Å²) in [5.74, 6) is -1.79. The SMILES string of the molecule is O=C(O)c1nn(-c2ccc(Cl)cc2Cl)c(=O)[nH]1. The Labute approximate surface area is 104 Å². The van der Waals surface area contributed by atoms with Crippen molar-refractivity contribution in [2.24, 2.45) is 0 Å². The third-order valence-electron chi connectivity index (χ3n) is 1.96. The normalized spacial score (nSPS) is 10.5. The molecule has 0 saturated heterocycles. The van der Waals surface area contributed by atoms with Gasteiger partial charge in [0.1, 0.15) is 0 Å². The van der Waals surface area contributed by atoms with Gasteiger partial charge in [-0.25, -0.2) is 9.59 Å². The van der Waals surface area contributed by atoms with Gasteiger partial charge in [-0.05, 0) is 18.2 Å². The molecule has 2 aromatic rings. The largest absolute Gasteiger partial charge is 0.475 e. The molecule has 0 bridgehead atoms. The third-order valence-corrected chi connectivity index (χ3v) is 2.50. The Morgan fingerprint density at radius 3 is 2.65 bits per heavy atom. The van der Waals surface area contributed by atoms with Crippen LogP contribution in [0.2, 0.25) is 10.0 Å². The molecule has 6 nitrogen and oxygen atoms in total. The van der Waals surface area contributed by atoms with Gasteiger partial charge in [0.25, 0.3) is 0 Å². The van der Waals surface area contributed by atoms with E-state index in [2.05, 4.69) is 10.1 Å². The molecule has 0 spiro atoms. The molecular formula is C9H5Cl2N3O3. The number of nitrogens with zero attached hydrogens (tertiary/aromatic N) is 2. The third kappa shape index (κ3) is 2.17. The Morgan fingerprint density at radius 2 is 2.12 bits per heavy atom. The number of rotatable bonds is 2. The lowest BCUT2D eigenvalue weighted by atomic mass is 10.3. The molecule has 17 heavy (non-hydrogen) atoms. The Hall–Kier alpha value is -1.79. The molecule has 0 atom stereocenters. The van der Waals surface area contributed by atoms with Crippen molar-refractivity contribution in [2.45, 2.75) is 0 Å². The van der Waals surface area contributed by atoms with E-state index in [1.807, 2.05) is 0 Å². The van der Waals surface area contributed by atoms with E-state index in [4.69, 9.17) is 28.3 Å². The maximum Gasteiger partial charge on any atom is 0.373 e. The number of aromatic nitrogens is 3. The first-order valence-electron chi connectivity index (χ1n) is 4.37. The Kier molecular flexibility index (Phi) is 2.91. The van der Waals surface area contributed by atoms with Crippen molar-refractivity contribution < 1.29 is 9.90 Å². The zero-order valence-electron chi connectivity index (χ0n) is 8.15. The van der Waals surface area contributed by atoms with Crippen LogP contribution in [0.15, 0.2) is 23.0 Å². The first kappa shape index (κ1) is 11.7. The Morgan fingerprint density at radius 1 is 1.41 bits per heavy atom. The highest BCUT2D eigenvalue weighted by Crippen LogP contribution is 2.22. The maximum absolute atomic E-state index is 11.5. The van der Waals surface area contributed by atoms with Gasteiger partial charge >= 0.3 is 11.7 Å². The van der Waals surface area contributed by atoms with Crippen LogP contribution < -0.4 is 5.69 Å². The monoisotopic (exact) mass is 273 g/mol. The first-order valence-corrected chi connectivity index (χ1v) is 5.12. The van der Waals surface area contributed by atoms with Crippen LogP contribution in [0.4, 0.5) is 0 Å². The van der Waals surface area contributed by atoms with Gasteiger partial charge < -0.3 is 5.11 Å². The predicted octanol–water partition coefficient (Wildman–Crippen LogP) is 1.57. The van der Waals surface area contributed by atoms with Crippen LogP contribution in [0.5, 0.6) is 0 Å². The molecule has 0 amide bonds. The standard InChI is InChI=1S/C9H5Cl2N3O3/c10-4-1-2-6(5(11)3-4)14-9(17)12-7(13-14)8(15)16/h1-3H,(H,15,16)(H,12,13,17). The number of carboxylic acid groups (broad SMARTS) is 1. The molecule has 1 heterocycles. The van der Waals surface area contributed by atoms with E-state index in [0.717, 1.165) is 4.68 Å². The van der Waals surface area contributed by atoms with Gasteiger partial charge in [0.15, 0.2) is 0 Å². The molecule has 0 radical (unpaired) electrons. The second kappa shape index (κ2) is 4.23. The molecule has 0 fully saturated rings. The number of nitrogens with one attached hydrogen (secondary N) is 1. The molecule has 1 aromatic carbocycles. The second-order valence-electron chi connectivity index (χ2n) is 3.09. The van der Waals surface area contributed by atoms with Crippen molar-refractivity contribution in [3.8, 4) is 5.69 Å². The summed E-state index contributed by atoms with van der Waals surface area (Å²) in [5.41, 5.74) is -0.434. The fourth-order valence-electron chi connectivity index (χ4n) is 1.24. The van der Waals surface area contributed by atoms with Crippen LogP contribution >= 0.6 is 23.2 Å². The number of aromatic carboxylic acids is 1. The zero-order valence-corrected chi connectivity index (χ0v) is 9.66. The molecule has 2 rings (SSSR count). The van der Waals surface area contributed by atoms with E-state index in [0.29, 0.717) is 5.02 Å². The summed E-state index contributed by atoms with van der Waals surface area (Å²) in [7, 11) is 0. The van der Waals surface area contributed by atoms with Gasteiger partial charge in [0.05, 0.1) is 10.7 Å². The molecule has 8 heteroatoms. The lowest BCUT2D eigenvalue weighted by Gasteiger charge is -2.02. The van der Waals surface area contributed by atoms with Gasteiger partial charge in [-0.2, -0.15) is 4.68 Å². The number of carboxylic acids is 1. The van der Waals surface area contributed by atoms with E-state index in [1.54, 1.807) is 0 Å². The van der Waals surface area contributed by atoms with Crippen molar-refractivity contribution in [1.82, 2.24) is 14.8 Å². The maximum atomic E-state index is 11.5. The van der Waals surface area contributed by atoms with Crippen LogP contribution in [0, 0.1) is 0 Å². The summed E-state index contributed by atoms with van der Waals surface area (Å²) in [6.45, 7) is 0. The summed E-state index contributed by atoms with van der Waals surface area (Å²) in [6, 6.07) is 4.42. The number of hydrogen-bond donors (Lipinski definition) is 2. The fourth-order valence-corrected chi connectivity index (χ4v) is 1.73. The molecule has 0 aliphatic carbocycles. The number of H-pyrrole nitrogens is 1. The lowest BCUT2D eigenvalue weighted by molar-refractivity contribution is 0.0683. The number of hydrogen-bond acceptors (Lipinski definition) is 3. The quantitative estimate of drug-likeness (QED) is 0.869. The number of carbonyl (C=O) groups is 1. The van der Waals surface area contributed by atoms with Crippen molar-refractivity contribution >= 4 is 29.2 Å². The van der Waals surface area contributed by atoms with Crippen molar-refractivity contribution in [3.63, 3.8) is 0 Å². The van der Waals surface area contributed by atoms with E-state index >= 15 is 0 Å². The van der Waals surface area contributed by atoms with Crippen LogP contribution in [0.3, 0.4) is 0 Å². The van der Waals surface area contributed by atoms with Gasteiger partial charge in [-0.3, -0.25) is 4.98 Å². The lowest BCUT2D eigenvalue weighted by Crippen LogP contribution is -2.16. The fraction of sp³-hybridized carbons (Fsp3) is 0. The van der Waals surface area contributed by atoms with E-state index in [1.165, 1.54) is 18.2 Å². The van der Waals surface area contributed by atoms with E-state index in [-0.39, 0.29) is 10.7 Å². The predicted molar refractivity (Wildman–Crippen MR) is 61.2 cm³/mol. The average molecular weight is 274 g/mol. The van der Waals surface area contributed by atoms with Crippen LogP contribution in [0.25, 0.3) is 5.69 Å². The molecule has 0 unspecified atom stereocenters. The first-order chi connectivity index (χ1) is 7.99. The smallest absolute Gasteiger partial charge is 0.373 e. The highest BCUT2D eigenvalue weighted by Gasteiger charge is 2.14. The van der Waals surface area contributed by atoms with Crippen molar-refractivity contribution in [1.29, 1.82) is 0 Å². The molecule has 88 valence electrons. The highest BCUT2D eigenvalue weighted by atomic mass is 35.5. The van der Waals surface area contributed by atoms with Gasteiger partial charge in [-0.15, -0.1) is 5.10 Å². The minimum atomic E-state index is -1.33. The van der Waals surface area contributed by atoms with Crippen molar-refractivity contribution in [3.05, 3.63) is 44.6 Å². The van der Waals surface area contributed by atoms with Crippen LogP contribution in [0.1, 0.15) is 10.6 Å². The molecule has 2 N–H and O–H groups in total. The summed E-state index contributed by atoms with van der Waals surface area (Å²) in [6.07, 6.45) is 0. The van der Waals surface area contributed by atoms with Gasteiger partial charge in [0, 0.05) is 5.02 Å². The van der Waals surface area contributed by atoms with Gasteiger partial charge in [0.2, 0.25) is 5.82 Å². The highest BCUT2D eigenvalue weighted by molar-refractivity contribution is 6.35. The van der Waals surface area contributed by atoms with Crippen LogP contribution in [-0.4, -0.2) is 25.8 Å². The summed E-state index contributed by atoms with van der Waals surface area (Å²) < 4.78 is 0.863. The molecular weight excluding hydrogens is 269 g/mol. The summed E-state index contributed by atoms with van der Waals surface area (Å²) >= 11 is 11.6.